The Labute approximate surface area is 110 Å². The minimum absolute atomic E-state index is 0.147. The number of aryl methyl sites for hydroxylation is 1. The highest BCUT2D eigenvalue weighted by Crippen LogP contribution is 2.25. The first-order valence-electron chi connectivity index (χ1n) is 6.66. The predicted molar refractivity (Wildman–Crippen MR) is 74.9 cm³/mol. The van der Waals surface area contributed by atoms with Crippen LogP contribution in [0.1, 0.15) is 31.4 Å². The van der Waals surface area contributed by atoms with Crippen molar-refractivity contribution in [1.29, 1.82) is 0 Å². The van der Waals surface area contributed by atoms with E-state index in [1.165, 1.54) is 11.1 Å². The Hall–Kier alpha value is -1.06. The van der Waals surface area contributed by atoms with Gasteiger partial charge in [-0.3, -0.25) is 0 Å². The Morgan fingerprint density at radius 1 is 1.39 bits per heavy atom. The van der Waals surface area contributed by atoms with E-state index in [0.29, 0.717) is 0 Å². The Balaban J connectivity index is 2.01. The summed E-state index contributed by atoms with van der Waals surface area (Å²) in [5.41, 5.74) is 8.58. The van der Waals surface area contributed by atoms with Crippen molar-refractivity contribution in [3.8, 4) is 5.75 Å². The summed E-state index contributed by atoms with van der Waals surface area (Å²) in [5, 5.41) is 0. The van der Waals surface area contributed by atoms with E-state index in [2.05, 4.69) is 44.0 Å². The number of hydrogen-bond donors (Lipinski definition) is 1. The van der Waals surface area contributed by atoms with Crippen LogP contribution >= 0.6 is 0 Å². The van der Waals surface area contributed by atoms with E-state index in [4.69, 9.17) is 10.5 Å². The number of nitrogens with two attached hydrogens (primary N) is 1. The fraction of sp³-hybridized carbons (Fsp3) is 0.600. The van der Waals surface area contributed by atoms with Crippen molar-refractivity contribution in [2.45, 2.75) is 38.8 Å². The second-order valence-electron chi connectivity index (χ2n) is 6.05. The lowest BCUT2D eigenvalue weighted by Gasteiger charge is -2.27. The molecule has 18 heavy (non-hydrogen) atoms. The maximum atomic E-state index is 6.04. The van der Waals surface area contributed by atoms with Crippen LogP contribution in [-0.4, -0.2) is 30.6 Å². The van der Waals surface area contributed by atoms with E-state index >= 15 is 0 Å². The molecule has 2 N–H and O–H groups in total. The van der Waals surface area contributed by atoms with Gasteiger partial charge in [-0.25, -0.2) is 0 Å². The van der Waals surface area contributed by atoms with Crippen LogP contribution in [0.5, 0.6) is 5.75 Å². The lowest BCUT2D eigenvalue weighted by Crippen LogP contribution is -2.43. The maximum Gasteiger partial charge on any atom is 0.122 e. The summed E-state index contributed by atoms with van der Waals surface area (Å²) in [4.78, 5) is 2.27. The van der Waals surface area contributed by atoms with Gasteiger partial charge in [0.05, 0.1) is 6.61 Å². The molecule has 2 rings (SSSR count). The fourth-order valence-corrected chi connectivity index (χ4v) is 2.58. The molecule has 0 radical (unpaired) electrons. The first-order chi connectivity index (χ1) is 8.44. The smallest absolute Gasteiger partial charge is 0.122 e. The van der Waals surface area contributed by atoms with Gasteiger partial charge in [0.15, 0.2) is 0 Å². The summed E-state index contributed by atoms with van der Waals surface area (Å²) >= 11 is 0. The molecule has 1 heterocycles. The van der Waals surface area contributed by atoms with Crippen molar-refractivity contribution in [3.63, 3.8) is 0 Å². The number of ether oxygens (including phenoxy) is 1. The van der Waals surface area contributed by atoms with Crippen LogP contribution in [-0.2, 0) is 13.0 Å². The van der Waals surface area contributed by atoms with E-state index < -0.39 is 0 Å². The van der Waals surface area contributed by atoms with Crippen LogP contribution in [0.4, 0.5) is 0 Å². The Kier molecular flexibility index (Phi) is 3.93. The van der Waals surface area contributed by atoms with Gasteiger partial charge in [-0.05, 0) is 50.9 Å². The van der Waals surface area contributed by atoms with E-state index in [-0.39, 0.29) is 5.54 Å². The van der Waals surface area contributed by atoms with Crippen LogP contribution in [0.15, 0.2) is 18.2 Å². The fourth-order valence-electron chi connectivity index (χ4n) is 2.58. The molecule has 1 aromatic rings. The molecule has 1 aliphatic heterocycles. The lowest BCUT2D eigenvalue weighted by molar-refractivity contribution is 0.262. The quantitative estimate of drug-likeness (QED) is 0.887. The average molecular weight is 248 g/mol. The summed E-state index contributed by atoms with van der Waals surface area (Å²) in [5.74, 6) is 1.06. The lowest BCUT2D eigenvalue weighted by atomic mass is 10.0. The summed E-state index contributed by atoms with van der Waals surface area (Å²) in [6.45, 7) is 6.80. The minimum Gasteiger partial charge on any atom is -0.493 e. The number of rotatable bonds is 4. The molecule has 0 saturated heterocycles. The van der Waals surface area contributed by atoms with Gasteiger partial charge in [0.25, 0.3) is 0 Å². The van der Waals surface area contributed by atoms with E-state index in [1.54, 1.807) is 0 Å². The zero-order valence-corrected chi connectivity index (χ0v) is 11.7. The molecule has 3 heteroatoms. The first kappa shape index (κ1) is 13.4. The van der Waals surface area contributed by atoms with Crippen LogP contribution in [0.3, 0.4) is 0 Å². The third-order valence-electron chi connectivity index (χ3n) is 3.10. The largest absolute Gasteiger partial charge is 0.493 e. The number of nitrogens with zero attached hydrogens (tertiary/aromatic N) is 1. The normalized spacial score (nSPS) is 15.4. The van der Waals surface area contributed by atoms with Gasteiger partial charge < -0.3 is 15.4 Å². The highest BCUT2D eigenvalue weighted by atomic mass is 16.5. The number of benzene rings is 1. The van der Waals surface area contributed by atoms with Crippen molar-refractivity contribution in [1.82, 2.24) is 4.90 Å². The molecule has 1 aliphatic rings. The molecule has 0 aromatic heterocycles. The zero-order chi connectivity index (χ0) is 13.2. The SMILES string of the molecule is CN(Cc1ccc2c(c1)CCCO2)CC(C)(C)N. The maximum absolute atomic E-state index is 6.04. The average Bonchev–Trinajstić information content (AvgIpc) is 2.26. The van der Waals surface area contributed by atoms with Gasteiger partial charge in [0.1, 0.15) is 5.75 Å². The number of fused-ring (bicyclic) bond motifs is 1. The molecule has 0 bridgehead atoms. The highest BCUT2D eigenvalue weighted by Gasteiger charge is 2.15. The molecule has 0 fully saturated rings. The van der Waals surface area contributed by atoms with Gasteiger partial charge in [-0.1, -0.05) is 12.1 Å². The van der Waals surface area contributed by atoms with Gasteiger partial charge >= 0.3 is 0 Å². The van der Waals surface area contributed by atoms with E-state index in [1.807, 2.05) is 0 Å². The summed E-state index contributed by atoms with van der Waals surface area (Å²) in [6, 6.07) is 6.53. The third kappa shape index (κ3) is 3.72. The van der Waals surface area contributed by atoms with Crippen LogP contribution < -0.4 is 10.5 Å². The van der Waals surface area contributed by atoms with E-state index in [9.17, 15) is 0 Å². The van der Waals surface area contributed by atoms with Crippen molar-refractivity contribution in [2.24, 2.45) is 5.73 Å². The van der Waals surface area contributed by atoms with Crippen molar-refractivity contribution < 1.29 is 4.74 Å². The predicted octanol–water partition coefficient (Wildman–Crippen LogP) is 2.18. The molecule has 0 unspecified atom stereocenters. The first-order valence-corrected chi connectivity index (χ1v) is 6.66. The van der Waals surface area contributed by atoms with Crippen molar-refractivity contribution in [2.75, 3.05) is 20.2 Å². The molecular weight excluding hydrogens is 224 g/mol. The molecule has 1 aromatic carbocycles. The molecule has 0 saturated carbocycles. The van der Waals surface area contributed by atoms with E-state index in [0.717, 1.165) is 38.3 Å². The highest BCUT2D eigenvalue weighted by molar-refractivity contribution is 5.38. The summed E-state index contributed by atoms with van der Waals surface area (Å²) < 4.78 is 5.63. The second kappa shape index (κ2) is 5.29. The second-order valence-corrected chi connectivity index (χ2v) is 6.05. The molecule has 0 aliphatic carbocycles. The summed E-state index contributed by atoms with van der Waals surface area (Å²) in [7, 11) is 2.12. The molecular formula is C15H24N2O. The third-order valence-corrected chi connectivity index (χ3v) is 3.10. The number of likely N-dealkylation sites (N-methyl/N-ethyl adjacent to an activating group) is 1. The molecule has 0 spiro atoms. The monoisotopic (exact) mass is 248 g/mol. The van der Waals surface area contributed by atoms with Crippen molar-refractivity contribution >= 4 is 0 Å². The van der Waals surface area contributed by atoms with Gasteiger partial charge in [-0.15, -0.1) is 0 Å². The van der Waals surface area contributed by atoms with Crippen LogP contribution in [0.25, 0.3) is 0 Å². The minimum atomic E-state index is -0.147. The van der Waals surface area contributed by atoms with Crippen LogP contribution in [0, 0.1) is 0 Å². The topological polar surface area (TPSA) is 38.5 Å². The Morgan fingerprint density at radius 2 is 2.17 bits per heavy atom. The molecule has 0 amide bonds. The Morgan fingerprint density at radius 3 is 2.89 bits per heavy atom. The molecule has 100 valence electrons. The zero-order valence-electron chi connectivity index (χ0n) is 11.7. The van der Waals surface area contributed by atoms with Gasteiger partial charge in [-0.2, -0.15) is 0 Å². The van der Waals surface area contributed by atoms with Crippen molar-refractivity contribution in [3.05, 3.63) is 29.3 Å². The van der Waals surface area contributed by atoms with Crippen LogP contribution in [0.2, 0.25) is 0 Å². The molecule has 0 atom stereocenters. The van der Waals surface area contributed by atoms with Gasteiger partial charge in [0, 0.05) is 18.6 Å². The Bertz CT molecular complexity index is 409. The van der Waals surface area contributed by atoms with Gasteiger partial charge in [0.2, 0.25) is 0 Å². The molecule has 3 nitrogen and oxygen atoms in total. The standard InChI is InChI=1S/C15H24N2O/c1-15(2,16)11-17(3)10-12-6-7-14-13(9-12)5-4-8-18-14/h6-7,9H,4-5,8,10-11,16H2,1-3H3. The summed E-state index contributed by atoms with van der Waals surface area (Å²) in [6.07, 6.45) is 2.26. The number of hydrogen-bond acceptors (Lipinski definition) is 3.